The molecule has 7 unspecified atom stereocenters. The van der Waals surface area contributed by atoms with E-state index in [0.717, 1.165) is 89.9 Å². The highest BCUT2D eigenvalue weighted by Gasteiger charge is 2.34. The van der Waals surface area contributed by atoms with Crippen LogP contribution in [0.25, 0.3) is 0 Å². The van der Waals surface area contributed by atoms with Gasteiger partial charge < -0.3 is 80.6 Å². The van der Waals surface area contributed by atoms with Crippen LogP contribution in [0.5, 0.6) is 0 Å². The Labute approximate surface area is 685 Å². The number of nitrogens with one attached hydrogen (secondary N) is 7. The first-order valence-corrected chi connectivity index (χ1v) is 41.9. The minimum Gasteiger partial charge on any atom is -0.464 e. The number of carbonyl (C=O) groups is 17. The van der Waals surface area contributed by atoms with Gasteiger partial charge >= 0.3 is 41.8 Å². The lowest BCUT2D eigenvalue weighted by molar-refractivity contribution is -0.142. The molecule has 33 heteroatoms. The maximum atomic E-state index is 11.7. The highest BCUT2D eigenvalue weighted by atomic mass is 16.6. The Hall–Kier alpha value is -8.75. The van der Waals surface area contributed by atoms with Crippen molar-refractivity contribution in [2.75, 3.05) is 46.2 Å². The van der Waals surface area contributed by atoms with Gasteiger partial charge in [-0.05, 0) is 71.1 Å². The SMILES string of the molecule is C.CCCC(=O)CC(=O)NC1CCOC1=O.CCCC(=O)NC1CCOC1=O.CCCCCC(=O)CC(=O)NC1CCOC1=O.CCCCCC(=O)NC1CCOC1=O.CCCCCC/C=C\CCC[C@H](O)CC(=O)NC1CCOC1=O.CCCCCCCCCC(=O)CC(=O)NC1CCOC1=O.C[C@H](O)CC(=O)NC1CCOC1=O. The van der Waals surface area contributed by atoms with Crippen molar-refractivity contribution in [1.29, 1.82) is 0 Å². The molecule has 0 spiro atoms. The maximum absolute atomic E-state index is 11.7. The monoisotopic (exact) mass is 1650 g/mol. The molecule has 7 aliphatic rings. The van der Waals surface area contributed by atoms with Gasteiger partial charge in [-0.3, -0.25) is 47.9 Å². The van der Waals surface area contributed by atoms with Gasteiger partial charge in [0.1, 0.15) is 59.6 Å². The Balaban J connectivity index is 0.00000134. The number of amides is 7. The lowest BCUT2D eigenvalue weighted by Gasteiger charge is -2.12. The molecule has 7 rings (SSSR count). The predicted octanol–water partition coefficient (Wildman–Crippen LogP) is 7.56. The summed E-state index contributed by atoms with van der Waals surface area (Å²) in [7, 11) is 0. The van der Waals surface area contributed by atoms with E-state index in [1.54, 1.807) is 0 Å². The fourth-order valence-corrected chi connectivity index (χ4v) is 11.8. The number of ketones is 3. The van der Waals surface area contributed by atoms with E-state index in [9.17, 15) is 86.6 Å². The van der Waals surface area contributed by atoms with Crippen molar-refractivity contribution in [3.8, 4) is 0 Å². The standard InChI is InChI=1S/C18H31NO4.C16H27NO4.C12H19NO4.C10H15NO4.C10H17NO3.C8H13NO4.C8H13NO3.CH4/c1-2-3-4-5-6-7-8-9-10-11-15(20)14-17(21)19-16-12-13-23-18(16)22;1-2-3-4-5-6-7-8-9-13(18)12-15(19)17-14-10-11-21-16(14)20;1-2-3-4-5-9(14)8-11(15)13-10-6-7-17-12(10)16;1-2-3-7(12)6-9(13)11-8-4-5-15-10(8)14;1-2-3-4-5-9(12)11-8-6-7-14-10(8)13;1-5(10)4-7(11)9-6-2-3-13-8(6)12;1-2-3-7(10)9-6-4-5-12-8(6)11;/h7-8,15-16,20H,2-6,9-14H2,1H3,(H,19,21);14H,2-12H2,1H3,(H,17,19);10H,2-8H2,1H3,(H,13,15);8H,2-6H2,1H3,(H,11,13);8H,2-7H2,1H3,(H,11,12);5-6,10H,2-4H2,1H3,(H,9,11);6H,2-5H2,1H3,(H,9,10);1H4/b8-7-;;;;;;;/t15-,16?;;;;;5-,6?;;/m0....0../s1. The quantitative estimate of drug-likeness (QED) is 0.00932. The van der Waals surface area contributed by atoms with Gasteiger partial charge in [0.05, 0.1) is 90.6 Å². The van der Waals surface area contributed by atoms with Crippen LogP contribution in [0, 0.1) is 0 Å². The van der Waals surface area contributed by atoms with Gasteiger partial charge in [-0.1, -0.05) is 145 Å². The normalized spacial score (nSPS) is 19.7. The number of allylic oxidation sites excluding steroid dienone is 2. The molecule has 662 valence electrons. The van der Waals surface area contributed by atoms with Crippen LogP contribution in [0.4, 0.5) is 0 Å². The second kappa shape index (κ2) is 67.3. The van der Waals surface area contributed by atoms with Crippen molar-refractivity contribution in [2.24, 2.45) is 0 Å². The zero-order valence-corrected chi connectivity index (χ0v) is 69.3. The molecule has 0 aliphatic carbocycles. The molecule has 0 aromatic heterocycles. The van der Waals surface area contributed by atoms with Gasteiger partial charge in [-0.2, -0.15) is 0 Å². The van der Waals surface area contributed by atoms with E-state index < -0.39 is 78.3 Å². The van der Waals surface area contributed by atoms with Crippen molar-refractivity contribution in [2.45, 2.75) is 367 Å². The zero-order chi connectivity index (χ0) is 85.6. The van der Waals surface area contributed by atoms with Crippen LogP contribution in [-0.4, -0.2) is 211 Å². The average Bonchev–Trinajstić information content (AvgIpc) is 1.82. The number of cyclic esters (lactones) is 7. The third-order valence-electron chi connectivity index (χ3n) is 18.3. The largest absolute Gasteiger partial charge is 0.464 e. The molecule has 7 heterocycles. The second-order valence-corrected chi connectivity index (χ2v) is 29.1. The molecule has 0 aromatic carbocycles. The maximum Gasteiger partial charge on any atom is 0.328 e. The summed E-state index contributed by atoms with van der Waals surface area (Å²) in [4.78, 5) is 191. The highest BCUT2D eigenvalue weighted by molar-refractivity contribution is 6.01. The number of ether oxygens (including phenoxy) is 7. The third-order valence-corrected chi connectivity index (χ3v) is 18.3. The van der Waals surface area contributed by atoms with E-state index in [1.807, 2.05) is 13.8 Å². The van der Waals surface area contributed by atoms with E-state index >= 15 is 0 Å². The Morgan fingerprint density at radius 3 is 0.871 bits per heavy atom. The van der Waals surface area contributed by atoms with Crippen LogP contribution in [0.15, 0.2) is 12.2 Å². The minimum absolute atomic E-state index is 0. The van der Waals surface area contributed by atoms with E-state index in [0.29, 0.717) is 130 Å². The number of rotatable bonds is 46. The lowest BCUT2D eigenvalue weighted by Crippen LogP contribution is -2.39. The molecule has 9 atom stereocenters. The van der Waals surface area contributed by atoms with Gasteiger partial charge in [0, 0.05) is 77.0 Å². The van der Waals surface area contributed by atoms with Gasteiger partial charge in [-0.25, -0.2) is 33.6 Å². The van der Waals surface area contributed by atoms with E-state index in [-0.39, 0.29) is 116 Å². The first kappa shape index (κ1) is 107. The van der Waals surface area contributed by atoms with Crippen LogP contribution < -0.4 is 37.2 Å². The summed E-state index contributed by atoms with van der Waals surface area (Å²) in [6.45, 7) is 16.5. The Morgan fingerprint density at radius 2 is 0.560 bits per heavy atom. The van der Waals surface area contributed by atoms with Crippen molar-refractivity contribution >= 4 is 100 Å². The Morgan fingerprint density at radius 1 is 0.310 bits per heavy atom. The average molecular weight is 1650 g/mol. The van der Waals surface area contributed by atoms with Crippen molar-refractivity contribution in [3.63, 3.8) is 0 Å². The summed E-state index contributed by atoms with van der Waals surface area (Å²) in [6, 6.07) is -3.55. The molecule has 0 bridgehead atoms. The number of Topliss-reactive ketones (excluding diaryl/α,β-unsaturated/α-hetero) is 3. The smallest absolute Gasteiger partial charge is 0.328 e. The van der Waals surface area contributed by atoms with E-state index in [2.05, 4.69) is 86.5 Å². The molecule has 7 aliphatic heterocycles. The number of hydrogen-bond acceptors (Lipinski definition) is 26. The molecule has 0 aromatic rings. The predicted molar refractivity (Wildman–Crippen MR) is 428 cm³/mol. The van der Waals surface area contributed by atoms with Crippen LogP contribution in [-0.2, 0) is 115 Å². The molecule has 7 saturated heterocycles. The summed E-state index contributed by atoms with van der Waals surface area (Å²) in [5, 5.41) is 36.7. The third kappa shape index (κ3) is 54.2. The van der Waals surface area contributed by atoms with Crippen LogP contribution in [0.3, 0.4) is 0 Å². The number of esters is 7. The molecule has 116 heavy (non-hydrogen) atoms. The topological polar surface area (TPSA) is 479 Å². The van der Waals surface area contributed by atoms with Crippen molar-refractivity contribution in [3.05, 3.63) is 12.2 Å². The summed E-state index contributed by atoms with van der Waals surface area (Å²) >= 11 is 0. The zero-order valence-electron chi connectivity index (χ0n) is 69.3. The second-order valence-electron chi connectivity index (χ2n) is 29.1. The van der Waals surface area contributed by atoms with Crippen LogP contribution >= 0.6 is 0 Å². The number of unbranched alkanes of at least 4 members (excludes halogenated alkanes) is 15. The molecule has 0 saturated carbocycles. The molecule has 9 N–H and O–H groups in total. The van der Waals surface area contributed by atoms with E-state index in [4.69, 9.17) is 28.8 Å². The number of aliphatic hydroxyl groups excluding tert-OH is 2. The summed E-state index contributed by atoms with van der Waals surface area (Å²) < 4.78 is 33.0. The summed E-state index contributed by atoms with van der Waals surface area (Å²) in [6.07, 6.45) is 32.9. The van der Waals surface area contributed by atoms with Crippen LogP contribution in [0.2, 0.25) is 0 Å². The number of aliphatic hydroxyl groups is 2. The number of carbonyl (C=O) groups excluding carboxylic acids is 17. The molecular weight excluding hydrogens is 1510 g/mol. The first-order chi connectivity index (χ1) is 55.1. The summed E-state index contributed by atoms with van der Waals surface area (Å²) in [5.74, 6) is -4.65. The molecule has 7 fully saturated rings. The summed E-state index contributed by atoms with van der Waals surface area (Å²) in [5.41, 5.74) is 0. The minimum atomic E-state index is -0.683. The first-order valence-electron chi connectivity index (χ1n) is 41.9. The van der Waals surface area contributed by atoms with E-state index in [1.165, 1.54) is 58.3 Å². The van der Waals surface area contributed by atoms with Crippen molar-refractivity contribution in [1.82, 2.24) is 37.2 Å². The highest BCUT2D eigenvalue weighted by Crippen LogP contribution is 2.16. The Kier molecular flexibility index (Phi) is 62.2. The molecular formula is C83H139N7O26. The molecule has 7 amide bonds. The van der Waals surface area contributed by atoms with Gasteiger partial charge in [0.2, 0.25) is 41.4 Å². The molecule has 0 radical (unpaired) electrons. The molecule has 33 nitrogen and oxygen atoms in total. The fourth-order valence-electron chi connectivity index (χ4n) is 11.8. The number of hydrogen-bond donors (Lipinski definition) is 9. The van der Waals surface area contributed by atoms with Gasteiger partial charge in [0.25, 0.3) is 0 Å². The van der Waals surface area contributed by atoms with Crippen LogP contribution in [0.1, 0.15) is 313 Å². The fraction of sp³-hybridized carbons (Fsp3) is 0.771. The Bertz CT molecular complexity index is 3020. The van der Waals surface area contributed by atoms with Gasteiger partial charge in [-0.15, -0.1) is 0 Å². The lowest BCUT2D eigenvalue weighted by atomic mass is 10.1. The van der Waals surface area contributed by atoms with Gasteiger partial charge in [0.15, 0.2) is 0 Å². The van der Waals surface area contributed by atoms with Crippen molar-refractivity contribution < 1.29 is 125 Å².